The van der Waals surface area contributed by atoms with Crippen LogP contribution < -0.4 is 0 Å². The van der Waals surface area contributed by atoms with E-state index in [9.17, 15) is 0 Å². The van der Waals surface area contributed by atoms with Crippen molar-refractivity contribution < 1.29 is 0 Å². The van der Waals surface area contributed by atoms with Crippen molar-refractivity contribution in [2.45, 2.75) is 0 Å². The summed E-state index contributed by atoms with van der Waals surface area (Å²) in [5, 5.41) is 9.38. The molecule has 0 fully saturated rings. The molecule has 5 heteroatoms. The minimum absolute atomic E-state index is 0.404. The Hall–Kier alpha value is -1.31. The molecule has 74 valence electrons. The van der Waals surface area contributed by atoms with Crippen molar-refractivity contribution in [1.82, 2.24) is 9.55 Å². The first-order chi connectivity index (χ1) is 7.20. The number of nitriles is 1. The molecule has 2 aromatic rings. The fourth-order valence-corrected chi connectivity index (χ4v) is 1.76. The van der Waals surface area contributed by atoms with Gasteiger partial charge in [0.1, 0.15) is 17.5 Å². The van der Waals surface area contributed by atoms with E-state index in [4.69, 9.17) is 16.9 Å². The average Bonchev–Trinajstić information content (AvgIpc) is 2.64. The van der Waals surface area contributed by atoms with Crippen LogP contribution in [-0.4, -0.2) is 9.55 Å². The second-order valence-electron chi connectivity index (χ2n) is 2.88. The second-order valence-corrected chi connectivity index (χ2v) is 4.18. The predicted octanol–water partition coefficient (Wildman–Crippen LogP) is 3.16. The predicted molar refractivity (Wildman–Crippen MR) is 61.0 cm³/mol. The molecule has 0 unspecified atom stereocenters. The minimum atomic E-state index is 0.404. The third kappa shape index (κ3) is 2.04. The first kappa shape index (κ1) is 10.2. The average molecular weight is 283 g/mol. The summed E-state index contributed by atoms with van der Waals surface area (Å²) in [5.41, 5.74) is 1.33. The SMILES string of the molecule is N#Cc1cc(Br)ccc1-n1cnc(Cl)c1. The van der Waals surface area contributed by atoms with Gasteiger partial charge in [-0.2, -0.15) is 5.26 Å². The molecule has 0 aliphatic rings. The lowest BCUT2D eigenvalue weighted by Gasteiger charge is -2.04. The summed E-state index contributed by atoms with van der Waals surface area (Å²) in [4.78, 5) is 3.90. The number of nitrogens with zero attached hydrogens (tertiary/aromatic N) is 3. The Labute approximate surface area is 100 Å². The molecular weight excluding hydrogens is 277 g/mol. The molecule has 0 bridgehead atoms. The van der Waals surface area contributed by atoms with Crippen LogP contribution in [0, 0.1) is 11.3 Å². The van der Waals surface area contributed by atoms with Crippen LogP contribution in [0.5, 0.6) is 0 Å². The van der Waals surface area contributed by atoms with Crippen LogP contribution >= 0.6 is 27.5 Å². The molecule has 1 aromatic heterocycles. The van der Waals surface area contributed by atoms with Crippen molar-refractivity contribution in [3.05, 3.63) is 45.9 Å². The standard InChI is InChI=1S/C10H5BrClN3/c11-8-1-2-9(7(3-8)4-13)15-5-10(12)14-6-15/h1-3,5-6H. The van der Waals surface area contributed by atoms with Gasteiger partial charge in [-0.25, -0.2) is 4.98 Å². The Kier molecular flexibility index (Phi) is 2.76. The van der Waals surface area contributed by atoms with Crippen molar-refractivity contribution >= 4 is 27.5 Å². The Balaban J connectivity index is 2.58. The topological polar surface area (TPSA) is 41.6 Å². The molecule has 0 amide bonds. The summed E-state index contributed by atoms with van der Waals surface area (Å²) in [6.45, 7) is 0. The van der Waals surface area contributed by atoms with Gasteiger partial charge < -0.3 is 4.57 Å². The van der Waals surface area contributed by atoms with Crippen LogP contribution in [0.2, 0.25) is 5.15 Å². The number of hydrogen-bond donors (Lipinski definition) is 0. The summed E-state index contributed by atoms with van der Waals surface area (Å²) in [6, 6.07) is 7.57. The first-order valence-corrected chi connectivity index (χ1v) is 5.27. The molecular formula is C10H5BrClN3. The van der Waals surface area contributed by atoms with Gasteiger partial charge >= 0.3 is 0 Å². The summed E-state index contributed by atoms with van der Waals surface area (Å²) in [5.74, 6) is 0. The molecule has 15 heavy (non-hydrogen) atoms. The zero-order valence-electron chi connectivity index (χ0n) is 7.48. The Morgan fingerprint density at radius 1 is 1.47 bits per heavy atom. The van der Waals surface area contributed by atoms with E-state index in [-0.39, 0.29) is 0 Å². The molecule has 0 aliphatic heterocycles. The van der Waals surface area contributed by atoms with Gasteiger partial charge in [0, 0.05) is 10.7 Å². The number of aromatic nitrogens is 2. The maximum Gasteiger partial charge on any atom is 0.147 e. The van der Waals surface area contributed by atoms with Crippen LogP contribution in [-0.2, 0) is 0 Å². The van der Waals surface area contributed by atoms with E-state index >= 15 is 0 Å². The van der Waals surface area contributed by atoms with E-state index in [1.54, 1.807) is 23.2 Å². The van der Waals surface area contributed by atoms with Gasteiger partial charge in [0.15, 0.2) is 0 Å². The first-order valence-electron chi connectivity index (χ1n) is 4.10. The maximum atomic E-state index is 8.97. The fraction of sp³-hybridized carbons (Fsp3) is 0. The quantitative estimate of drug-likeness (QED) is 0.806. The van der Waals surface area contributed by atoms with E-state index in [2.05, 4.69) is 27.0 Å². The van der Waals surface area contributed by atoms with Gasteiger partial charge in [-0.1, -0.05) is 27.5 Å². The van der Waals surface area contributed by atoms with E-state index in [0.29, 0.717) is 10.7 Å². The molecule has 2 rings (SSSR count). The van der Waals surface area contributed by atoms with E-state index in [1.165, 1.54) is 0 Å². The largest absolute Gasteiger partial charge is 0.303 e. The Morgan fingerprint density at radius 3 is 2.87 bits per heavy atom. The fourth-order valence-electron chi connectivity index (χ4n) is 1.25. The van der Waals surface area contributed by atoms with Crippen LogP contribution in [0.3, 0.4) is 0 Å². The Bertz CT molecular complexity index is 542. The van der Waals surface area contributed by atoms with Gasteiger partial charge in [-0.3, -0.25) is 0 Å². The van der Waals surface area contributed by atoms with Crippen molar-refractivity contribution in [2.75, 3.05) is 0 Å². The molecule has 3 nitrogen and oxygen atoms in total. The minimum Gasteiger partial charge on any atom is -0.303 e. The van der Waals surface area contributed by atoms with E-state index < -0.39 is 0 Å². The van der Waals surface area contributed by atoms with Crippen LogP contribution in [0.4, 0.5) is 0 Å². The van der Waals surface area contributed by atoms with Crippen LogP contribution in [0.15, 0.2) is 35.2 Å². The monoisotopic (exact) mass is 281 g/mol. The maximum absolute atomic E-state index is 8.97. The van der Waals surface area contributed by atoms with Gasteiger partial charge in [0.25, 0.3) is 0 Å². The highest BCUT2D eigenvalue weighted by Gasteiger charge is 2.05. The zero-order chi connectivity index (χ0) is 10.8. The van der Waals surface area contributed by atoms with Gasteiger partial charge in [0.2, 0.25) is 0 Å². The molecule has 0 N–H and O–H groups in total. The molecule has 0 spiro atoms. The van der Waals surface area contributed by atoms with E-state index in [0.717, 1.165) is 10.2 Å². The summed E-state index contributed by atoms with van der Waals surface area (Å²) in [7, 11) is 0. The van der Waals surface area contributed by atoms with E-state index in [1.807, 2.05) is 12.1 Å². The molecule has 0 saturated heterocycles. The van der Waals surface area contributed by atoms with Gasteiger partial charge in [-0.05, 0) is 18.2 Å². The normalized spacial score (nSPS) is 9.93. The molecule has 0 radical (unpaired) electrons. The van der Waals surface area contributed by atoms with Gasteiger partial charge in [0.05, 0.1) is 11.3 Å². The Morgan fingerprint density at radius 2 is 2.27 bits per heavy atom. The van der Waals surface area contributed by atoms with Crippen LogP contribution in [0.25, 0.3) is 5.69 Å². The second kappa shape index (κ2) is 4.05. The van der Waals surface area contributed by atoms with Crippen molar-refractivity contribution in [1.29, 1.82) is 5.26 Å². The molecule has 0 aliphatic carbocycles. The highest BCUT2D eigenvalue weighted by atomic mass is 79.9. The molecule has 0 saturated carbocycles. The number of halogens is 2. The highest BCUT2D eigenvalue weighted by molar-refractivity contribution is 9.10. The number of hydrogen-bond acceptors (Lipinski definition) is 2. The third-order valence-electron chi connectivity index (χ3n) is 1.91. The summed E-state index contributed by atoms with van der Waals surface area (Å²) < 4.78 is 2.59. The number of benzene rings is 1. The number of rotatable bonds is 1. The molecule has 1 heterocycles. The number of imidazole rings is 1. The lowest BCUT2D eigenvalue weighted by atomic mass is 10.2. The van der Waals surface area contributed by atoms with Gasteiger partial charge in [-0.15, -0.1) is 0 Å². The van der Waals surface area contributed by atoms with Crippen molar-refractivity contribution in [3.8, 4) is 11.8 Å². The molecule has 1 aromatic carbocycles. The van der Waals surface area contributed by atoms with Crippen LogP contribution in [0.1, 0.15) is 5.56 Å². The highest BCUT2D eigenvalue weighted by Crippen LogP contribution is 2.20. The van der Waals surface area contributed by atoms with Crippen molar-refractivity contribution in [2.24, 2.45) is 0 Å². The zero-order valence-corrected chi connectivity index (χ0v) is 9.83. The third-order valence-corrected chi connectivity index (χ3v) is 2.60. The smallest absolute Gasteiger partial charge is 0.147 e. The van der Waals surface area contributed by atoms with Crippen molar-refractivity contribution in [3.63, 3.8) is 0 Å². The summed E-state index contributed by atoms with van der Waals surface area (Å²) in [6.07, 6.45) is 3.23. The lowest BCUT2D eigenvalue weighted by molar-refractivity contribution is 1.05. The lowest BCUT2D eigenvalue weighted by Crippen LogP contribution is -1.93. The molecule has 0 atom stereocenters. The summed E-state index contributed by atoms with van der Waals surface area (Å²) >= 11 is 9.03.